The number of allylic oxidation sites excluding steroid dienone is 1. The van der Waals surface area contributed by atoms with Gasteiger partial charge in [0.15, 0.2) is 0 Å². The molecule has 3 aromatic carbocycles. The molecule has 6 heteroatoms. The Kier molecular flexibility index (Phi) is 5.55. The molecule has 1 N–H and O–H groups in total. The molecule has 30 heavy (non-hydrogen) atoms. The van der Waals surface area contributed by atoms with Gasteiger partial charge in [0.2, 0.25) is 0 Å². The normalized spacial score (nSPS) is 11.1. The number of methoxy groups -OCH3 is 1. The predicted octanol–water partition coefficient (Wildman–Crippen LogP) is 5.73. The highest BCUT2D eigenvalue weighted by Crippen LogP contribution is 2.31. The van der Waals surface area contributed by atoms with Crippen LogP contribution in [-0.2, 0) is 4.74 Å². The van der Waals surface area contributed by atoms with Crippen molar-refractivity contribution in [3.05, 3.63) is 88.9 Å². The van der Waals surface area contributed by atoms with Crippen LogP contribution in [0.15, 0.2) is 78.3 Å². The number of carbonyl (C=O) groups excluding carboxylic acids is 1. The minimum absolute atomic E-state index is 0.381. The second kappa shape index (κ2) is 8.60. The van der Waals surface area contributed by atoms with Crippen LogP contribution in [0.3, 0.4) is 0 Å². The summed E-state index contributed by atoms with van der Waals surface area (Å²) in [6.07, 6.45) is 1.56. The van der Waals surface area contributed by atoms with Crippen molar-refractivity contribution in [3.8, 4) is 17.3 Å². The van der Waals surface area contributed by atoms with Crippen LogP contribution in [0.1, 0.15) is 15.4 Å². The Labute approximate surface area is 177 Å². The van der Waals surface area contributed by atoms with Crippen molar-refractivity contribution in [2.75, 3.05) is 12.4 Å². The average Bonchev–Trinajstić information content (AvgIpc) is 3.28. The maximum absolute atomic E-state index is 11.9. The largest absolute Gasteiger partial charge is 0.465 e. The molecule has 0 saturated carbocycles. The number of anilines is 1. The standard InChI is InChI=1S/C24H17N3O2S/c1-29-24(28)20-10-4-5-12-21(20)26-14-17(13-25)23-27-22(15-30-23)19-11-6-8-16-7-2-3-9-18(16)19/h2-12,14-15,26H,1H3/b17-14+. The van der Waals surface area contributed by atoms with Crippen molar-refractivity contribution < 1.29 is 9.53 Å². The molecule has 0 unspecified atom stereocenters. The molecule has 1 aromatic heterocycles. The van der Waals surface area contributed by atoms with Crippen LogP contribution in [-0.4, -0.2) is 18.1 Å². The quantitative estimate of drug-likeness (QED) is 0.335. The molecule has 0 radical (unpaired) electrons. The number of hydrogen-bond acceptors (Lipinski definition) is 6. The summed E-state index contributed by atoms with van der Waals surface area (Å²) in [5.74, 6) is -0.447. The third kappa shape index (κ3) is 3.79. The summed E-state index contributed by atoms with van der Waals surface area (Å²) in [7, 11) is 1.33. The number of esters is 1. The first kappa shape index (κ1) is 19.4. The molecule has 4 rings (SSSR count). The van der Waals surface area contributed by atoms with Crippen molar-refractivity contribution in [1.82, 2.24) is 4.98 Å². The Morgan fingerprint density at radius 2 is 1.87 bits per heavy atom. The first-order valence-corrected chi connectivity index (χ1v) is 10.1. The van der Waals surface area contributed by atoms with Gasteiger partial charge in [-0.2, -0.15) is 5.26 Å². The van der Waals surface area contributed by atoms with Gasteiger partial charge in [-0.05, 0) is 22.9 Å². The molecular weight excluding hydrogens is 394 g/mol. The van der Waals surface area contributed by atoms with Crippen molar-refractivity contribution in [1.29, 1.82) is 5.26 Å². The van der Waals surface area contributed by atoms with Gasteiger partial charge in [-0.3, -0.25) is 0 Å². The number of para-hydroxylation sites is 1. The summed E-state index contributed by atoms with van der Waals surface area (Å²) < 4.78 is 4.81. The Hall–Kier alpha value is -3.95. The third-order valence-electron chi connectivity index (χ3n) is 4.63. The van der Waals surface area contributed by atoms with Gasteiger partial charge in [0, 0.05) is 17.1 Å². The zero-order chi connectivity index (χ0) is 20.9. The fourth-order valence-corrected chi connectivity index (χ4v) is 3.94. The number of aromatic nitrogens is 1. The number of nitriles is 1. The van der Waals surface area contributed by atoms with Gasteiger partial charge < -0.3 is 10.1 Å². The highest BCUT2D eigenvalue weighted by atomic mass is 32.1. The minimum atomic E-state index is -0.447. The number of carbonyl (C=O) groups is 1. The lowest BCUT2D eigenvalue weighted by Gasteiger charge is -2.07. The van der Waals surface area contributed by atoms with E-state index in [-0.39, 0.29) is 0 Å². The molecule has 0 aliphatic heterocycles. The molecule has 1 heterocycles. The molecular formula is C24H17N3O2S. The maximum Gasteiger partial charge on any atom is 0.339 e. The Morgan fingerprint density at radius 1 is 1.10 bits per heavy atom. The van der Waals surface area contributed by atoms with Gasteiger partial charge in [0.25, 0.3) is 0 Å². The number of ether oxygens (including phenoxy) is 1. The van der Waals surface area contributed by atoms with E-state index in [0.29, 0.717) is 21.8 Å². The van der Waals surface area contributed by atoms with Crippen molar-refractivity contribution >= 4 is 39.3 Å². The van der Waals surface area contributed by atoms with Gasteiger partial charge in [-0.1, -0.05) is 54.6 Å². The second-order valence-corrected chi connectivity index (χ2v) is 7.27. The number of thiazole rings is 1. The van der Waals surface area contributed by atoms with Gasteiger partial charge in [0.1, 0.15) is 16.6 Å². The van der Waals surface area contributed by atoms with Crippen molar-refractivity contribution in [2.24, 2.45) is 0 Å². The van der Waals surface area contributed by atoms with Crippen LogP contribution >= 0.6 is 11.3 Å². The smallest absolute Gasteiger partial charge is 0.339 e. The SMILES string of the molecule is COC(=O)c1ccccc1N/C=C(\C#N)c1nc(-c2cccc3ccccc23)cs1. The van der Waals surface area contributed by atoms with Crippen LogP contribution in [0.2, 0.25) is 0 Å². The van der Waals surface area contributed by atoms with Crippen LogP contribution in [0.5, 0.6) is 0 Å². The van der Waals surface area contributed by atoms with Crippen molar-refractivity contribution in [3.63, 3.8) is 0 Å². The van der Waals surface area contributed by atoms with Gasteiger partial charge in [0.05, 0.1) is 24.1 Å². The van der Waals surface area contributed by atoms with Crippen LogP contribution in [0, 0.1) is 11.3 Å². The van der Waals surface area contributed by atoms with E-state index in [1.165, 1.54) is 18.4 Å². The van der Waals surface area contributed by atoms with Crippen molar-refractivity contribution in [2.45, 2.75) is 0 Å². The molecule has 0 aliphatic rings. The summed E-state index contributed by atoms with van der Waals surface area (Å²) in [6.45, 7) is 0. The van der Waals surface area contributed by atoms with Crippen LogP contribution in [0.25, 0.3) is 27.6 Å². The van der Waals surface area contributed by atoms with E-state index >= 15 is 0 Å². The van der Waals surface area contributed by atoms with E-state index in [9.17, 15) is 10.1 Å². The Bertz CT molecular complexity index is 1300. The fraction of sp³-hybridized carbons (Fsp3) is 0.0417. The lowest BCUT2D eigenvalue weighted by molar-refractivity contribution is 0.0602. The van der Waals surface area contributed by atoms with Gasteiger partial charge >= 0.3 is 5.97 Å². The Morgan fingerprint density at radius 3 is 2.70 bits per heavy atom. The molecule has 0 saturated heterocycles. The second-order valence-electron chi connectivity index (χ2n) is 6.42. The lowest BCUT2D eigenvalue weighted by atomic mass is 10.0. The van der Waals surface area contributed by atoms with E-state index < -0.39 is 5.97 Å². The summed E-state index contributed by atoms with van der Waals surface area (Å²) in [4.78, 5) is 16.6. The summed E-state index contributed by atoms with van der Waals surface area (Å²) in [5, 5.41) is 17.5. The summed E-state index contributed by atoms with van der Waals surface area (Å²) >= 11 is 1.40. The molecule has 0 atom stereocenters. The zero-order valence-corrected chi connectivity index (χ0v) is 16.9. The fourth-order valence-electron chi connectivity index (χ4n) is 3.16. The number of hydrogen-bond donors (Lipinski definition) is 1. The van der Waals surface area contributed by atoms with E-state index in [4.69, 9.17) is 4.74 Å². The number of nitrogens with zero attached hydrogens (tertiary/aromatic N) is 2. The topological polar surface area (TPSA) is 75.0 Å². The predicted molar refractivity (Wildman–Crippen MR) is 120 cm³/mol. The highest BCUT2D eigenvalue weighted by Gasteiger charge is 2.13. The summed E-state index contributed by atoms with van der Waals surface area (Å²) in [6, 6.07) is 23.4. The van der Waals surface area contributed by atoms with E-state index in [0.717, 1.165) is 22.0 Å². The number of nitrogens with one attached hydrogen (secondary N) is 1. The number of rotatable bonds is 5. The lowest BCUT2D eigenvalue weighted by Crippen LogP contribution is -2.05. The maximum atomic E-state index is 11.9. The van der Waals surface area contributed by atoms with Gasteiger partial charge in [-0.25, -0.2) is 9.78 Å². The molecule has 0 amide bonds. The average molecular weight is 411 g/mol. The number of fused-ring (bicyclic) bond motifs is 1. The molecule has 0 bridgehead atoms. The first-order chi connectivity index (χ1) is 14.7. The Balaban J connectivity index is 1.65. The highest BCUT2D eigenvalue weighted by molar-refractivity contribution is 7.11. The van der Waals surface area contributed by atoms with E-state index in [2.05, 4.69) is 34.6 Å². The van der Waals surface area contributed by atoms with E-state index in [1.54, 1.807) is 30.5 Å². The summed E-state index contributed by atoms with van der Waals surface area (Å²) in [5.41, 5.74) is 3.18. The molecule has 0 aliphatic carbocycles. The molecule has 146 valence electrons. The minimum Gasteiger partial charge on any atom is -0.465 e. The molecule has 0 spiro atoms. The molecule has 4 aromatic rings. The first-order valence-electron chi connectivity index (χ1n) is 9.19. The van der Waals surface area contributed by atoms with Crippen LogP contribution < -0.4 is 5.32 Å². The van der Waals surface area contributed by atoms with Crippen LogP contribution in [0.4, 0.5) is 5.69 Å². The molecule has 0 fully saturated rings. The zero-order valence-electron chi connectivity index (χ0n) is 16.1. The number of benzene rings is 3. The third-order valence-corrected chi connectivity index (χ3v) is 5.50. The van der Waals surface area contributed by atoms with Gasteiger partial charge in [-0.15, -0.1) is 11.3 Å². The monoisotopic (exact) mass is 411 g/mol. The van der Waals surface area contributed by atoms with E-state index in [1.807, 2.05) is 29.6 Å². The molecule has 5 nitrogen and oxygen atoms in total.